The zero-order chi connectivity index (χ0) is 24.8. The van der Waals surface area contributed by atoms with E-state index in [9.17, 15) is 18.4 Å². The monoisotopic (exact) mass is 482 g/mol. The van der Waals surface area contributed by atoms with Crippen LogP contribution in [-0.2, 0) is 6.54 Å². The van der Waals surface area contributed by atoms with E-state index in [1.165, 1.54) is 41.6 Å². The Morgan fingerprint density at radius 1 is 1.09 bits per heavy atom. The van der Waals surface area contributed by atoms with Gasteiger partial charge in [-0.1, -0.05) is 18.2 Å². The average molecular weight is 482 g/mol. The van der Waals surface area contributed by atoms with Gasteiger partial charge in [0, 0.05) is 18.0 Å². The van der Waals surface area contributed by atoms with Crippen molar-refractivity contribution in [3.63, 3.8) is 0 Å². The van der Waals surface area contributed by atoms with Crippen molar-refractivity contribution in [3.8, 4) is 28.7 Å². The molecule has 2 aromatic heterocycles. The number of anilines is 2. The van der Waals surface area contributed by atoms with E-state index in [1.54, 1.807) is 24.3 Å². The second-order valence-corrected chi connectivity index (χ2v) is 7.25. The van der Waals surface area contributed by atoms with Crippen molar-refractivity contribution >= 4 is 11.6 Å². The molecule has 0 radical (unpaired) electrons. The largest absolute Gasteiger partial charge is 0.573 e. The van der Waals surface area contributed by atoms with E-state index >= 15 is 0 Å². The number of rotatable bonds is 8. The lowest BCUT2D eigenvalue weighted by Gasteiger charge is -2.16. The van der Waals surface area contributed by atoms with E-state index in [0.717, 1.165) is 0 Å². The number of halogens is 3. The summed E-state index contributed by atoms with van der Waals surface area (Å²) in [4.78, 5) is 8.36. The molecule has 0 fully saturated rings. The van der Waals surface area contributed by atoms with Crippen LogP contribution in [0, 0.1) is 11.3 Å². The molecule has 10 nitrogen and oxygen atoms in total. The van der Waals surface area contributed by atoms with Crippen molar-refractivity contribution in [2.24, 2.45) is 0 Å². The zero-order valence-electron chi connectivity index (χ0n) is 18.1. The van der Waals surface area contributed by atoms with Gasteiger partial charge in [0.25, 0.3) is 0 Å². The fourth-order valence-electron chi connectivity index (χ4n) is 3.12. The Kier molecular flexibility index (Phi) is 6.72. The standard InChI is InChI=1S/C22H17F3N8O2/c1-14(12-33-13-29-31-32-33)34-20-8-15(6-7-16(20)9-26)17-10-27-21(28-11-17)30-18-4-2-3-5-19(18)35-22(23,24)25/h2-8,10-11,13-14H,12H2,1H3,(H,27,28,30)/t14-/m1/s1. The third-order valence-corrected chi connectivity index (χ3v) is 4.61. The van der Waals surface area contributed by atoms with Crippen LogP contribution in [0.15, 0.2) is 61.2 Å². The molecular weight excluding hydrogens is 465 g/mol. The van der Waals surface area contributed by atoms with Gasteiger partial charge in [0.15, 0.2) is 5.75 Å². The summed E-state index contributed by atoms with van der Waals surface area (Å²) in [5.74, 6) is 0.0375. The number of alkyl halides is 3. The van der Waals surface area contributed by atoms with Gasteiger partial charge in [-0.2, -0.15) is 5.26 Å². The predicted molar refractivity (Wildman–Crippen MR) is 116 cm³/mol. The van der Waals surface area contributed by atoms with E-state index in [1.807, 2.05) is 6.92 Å². The van der Waals surface area contributed by atoms with Crippen molar-refractivity contribution in [3.05, 3.63) is 66.7 Å². The Morgan fingerprint density at radius 2 is 1.86 bits per heavy atom. The molecule has 4 aromatic rings. The number of benzene rings is 2. The molecule has 0 amide bonds. The summed E-state index contributed by atoms with van der Waals surface area (Å²) >= 11 is 0. The minimum Gasteiger partial charge on any atom is -0.487 e. The summed E-state index contributed by atoms with van der Waals surface area (Å²) in [7, 11) is 0. The van der Waals surface area contributed by atoms with Gasteiger partial charge in [0.1, 0.15) is 24.3 Å². The van der Waals surface area contributed by atoms with Crippen LogP contribution in [0.25, 0.3) is 11.1 Å². The molecule has 0 spiro atoms. The van der Waals surface area contributed by atoms with Crippen LogP contribution in [0.5, 0.6) is 11.5 Å². The average Bonchev–Trinajstić information content (AvgIpc) is 3.33. The summed E-state index contributed by atoms with van der Waals surface area (Å²) in [6.45, 7) is 2.20. The SMILES string of the molecule is C[C@H](Cn1cnnn1)Oc1cc(-c2cnc(Nc3ccccc3OC(F)(F)F)nc2)ccc1C#N. The van der Waals surface area contributed by atoms with Gasteiger partial charge in [0.2, 0.25) is 5.95 Å². The van der Waals surface area contributed by atoms with Crippen LogP contribution >= 0.6 is 0 Å². The maximum absolute atomic E-state index is 12.6. The molecule has 0 saturated heterocycles. The van der Waals surface area contributed by atoms with Crippen molar-refractivity contribution in [2.75, 3.05) is 5.32 Å². The van der Waals surface area contributed by atoms with Crippen LogP contribution in [-0.4, -0.2) is 42.6 Å². The smallest absolute Gasteiger partial charge is 0.487 e. The molecule has 1 N–H and O–H groups in total. The third kappa shape index (κ3) is 6.20. The van der Waals surface area contributed by atoms with E-state index in [4.69, 9.17) is 4.74 Å². The molecule has 0 bridgehead atoms. The number of hydrogen-bond acceptors (Lipinski definition) is 9. The first-order chi connectivity index (χ1) is 16.8. The van der Waals surface area contributed by atoms with Crippen molar-refractivity contribution in [1.82, 2.24) is 30.2 Å². The number of para-hydroxylation sites is 2. The van der Waals surface area contributed by atoms with E-state index in [0.29, 0.717) is 29.0 Å². The van der Waals surface area contributed by atoms with Crippen LogP contribution < -0.4 is 14.8 Å². The van der Waals surface area contributed by atoms with Crippen LogP contribution in [0.3, 0.4) is 0 Å². The summed E-state index contributed by atoms with van der Waals surface area (Å²) in [5, 5.41) is 23.1. The molecule has 0 unspecified atom stereocenters. The number of nitrogens with one attached hydrogen (secondary N) is 1. The number of nitriles is 1. The van der Waals surface area contributed by atoms with Gasteiger partial charge in [-0.05, 0) is 47.2 Å². The molecule has 0 aliphatic carbocycles. The fraction of sp³-hybridized carbons (Fsp3) is 0.182. The second kappa shape index (κ2) is 10.0. The third-order valence-electron chi connectivity index (χ3n) is 4.61. The quantitative estimate of drug-likeness (QED) is 0.395. The Morgan fingerprint density at radius 3 is 2.54 bits per heavy atom. The van der Waals surface area contributed by atoms with Crippen LogP contribution in [0.2, 0.25) is 0 Å². The van der Waals surface area contributed by atoms with Crippen LogP contribution in [0.1, 0.15) is 12.5 Å². The maximum Gasteiger partial charge on any atom is 0.573 e. The van der Waals surface area contributed by atoms with Gasteiger partial charge in [-0.15, -0.1) is 18.3 Å². The van der Waals surface area contributed by atoms with Crippen molar-refractivity contribution < 1.29 is 22.6 Å². The van der Waals surface area contributed by atoms with Gasteiger partial charge in [-0.3, -0.25) is 0 Å². The van der Waals surface area contributed by atoms with Gasteiger partial charge < -0.3 is 14.8 Å². The second-order valence-electron chi connectivity index (χ2n) is 7.25. The molecule has 2 aromatic carbocycles. The summed E-state index contributed by atoms with van der Waals surface area (Å²) in [6.07, 6.45) is -0.706. The molecule has 35 heavy (non-hydrogen) atoms. The highest BCUT2D eigenvalue weighted by Gasteiger charge is 2.32. The minimum absolute atomic E-state index is 0.0585. The molecule has 178 valence electrons. The van der Waals surface area contributed by atoms with Gasteiger partial charge in [-0.25, -0.2) is 14.6 Å². The number of ether oxygens (including phenoxy) is 2. The number of nitrogens with zero attached hydrogens (tertiary/aromatic N) is 7. The van der Waals surface area contributed by atoms with E-state index in [-0.39, 0.29) is 17.7 Å². The van der Waals surface area contributed by atoms with Crippen LogP contribution in [0.4, 0.5) is 24.8 Å². The molecule has 1 atom stereocenters. The molecule has 0 saturated carbocycles. The molecule has 0 aliphatic rings. The molecular formula is C22H17F3N8O2. The Hall–Kier alpha value is -4.73. The highest BCUT2D eigenvalue weighted by atomic mass is 19.4. The van der Waals surface area contributed by atoms with Crippen molar-refractivity contribution in [1.29, 1.82) is 5.26 Å². The van der Waals surface area contributed by atoms with Gasteiger partial charge >= 0.3 is 6.36 Å². The lowest BCUT2D eigenvalue weighted by molar-refractivity contribution is -0.274. The highest BCUT2D eigenvalue weighted by molar-refractivity contribution is 5.67. The maximum atomic E-state index is 12.6. The van der Waals surface area contributed by atoms with Crippen molar-refractivity contribution in [2.45, 2.75) is 25.9 Å². The summed E-state index contributed by atoms with van der Waals surface area (Å²) in [6, 6.07) is 12.7. The van der Waals surface area contributed by atoms with E-state index in [2.05, 4.69) is 41.6 Å². The number of tetrazole rings is 1. The lowest BCUT2D eigenvalue weighted by atomic mass is 10.1. The highest BCUT2D eigenvalue weighted by Crippen LogP contribution is 2.32. The van der Waals surface area contributed by atoms with Gasteiger partial charge in [0.05, 0.1) is 17.8 Å². The first-order valence-corrected chi connectivity index (χ1v) is 10.2. The number of hydrogen-bond donors (Lipinski definition) is 1. The normalized spacial score (nSPS) is 12.0. The topological polar surface area (TPSA) is 124 Å². The number of aromatic nitrogens is 6. The minimum atomic E-state index is -4.83. The molecule has 13 heteroatoms. The molecule has 4 rings (SSSR count). The Labute approximate surface area is 197 Å². The first-order valence-electron chi connectivity index (χ1n) is 10.2. The van der Waals surface area contributed by atoms with E-state index < -0.39 is 12.1 Å². The predicted octanol–water partition coefficient (Wildman–Crippen LogP) is 4.11. The Bertz CT molecular complexity index is 1320. The fourth-order valence-corrected chi connectivity index (χ4v) is 3.12. The first kappa shape index (κ1) is 23.4. The Balaban J connectivity index is 1.51. The zero-order valence-corrected chi connectivity index (χ0v) is 18.1. The summed E-state index contributed by atoms with van der Waals surface area (Å²) < 4.78 is 49.4. The lowest BCUT2D eigenvalue weighted by Crippen LogP contribution is -2.20. The molecule has 0 aliphatic heterocycles. The molecule has 2 heterocycles. The summed E-state index contributed by atoms with van der Waals surface area (Å²) in [5.41, 5.74) is 1.69.